The van der Waals surface area contributed by atoms with Gasteiger partial charge in [0.2, 0.25) is 11.8 Å². The zero-order chi connectivity index (χ0) is 22.4. The fourth-order valence-electron chi connectivity index (χ4n) is 3.18. The monoisotopic (exact) mass is 439 g/mol. The number of thioether (sulfide) groups is 1. The number of carbonyl (C=O) groups excluding carboxylic acids is 2. The third kappa shape index (κ3) is 6.32. The van der Waals surface area contributed by atoms with E-state index in [0.717, 1.165) is 16.8 Å². The number of aromatic hydroxyl groups is 1. The van der Waals surface area contributed by atoms with Gasteiger partial charge in [0.05, 0.1) is 12.2 Å². The van der Waals surface area contributed by atoms with Crippen LogP contribution in [0.1, 0.15) is 23.9 Å². The number of hydrogen-bond acceptors (Lipinski definition) is 6. The zero-order valence-electron chi connectivity index (χ0n) is 17.7. The van der Waals surface area contributed by atoms with Crippen molar-refractivity contribution in [1.29, 1.82) is 0 Å². The first-order valence-corrected chi connectivity index (χ1v) is 10.8. The maximum absolute atomic E-state index is 12.5. The van der Waals surface area contributed by atoms with Crippen LogP contribution in [0.2, 0.25) is 0 Å². The molecule has 1 aromatic heterocycles. The van der Waals surface area contributed by atoms with Gasteiger partial charge in [0, 0.05) is 24.0 Å². The molecule has 0 fully saturated rings. The second-order valence-electron chi connectivity index (χ2n) is 7.13. The van der Waals surface area contributed by atoms with Gasteiger partial charge >= 0.3 is 0 Å². The molecule has 9 heteroatoms. The highest BCUT2D eigenvalue weighted by atomic mass is 32.2. The number of benzene rings is 2. The second-order valence-corrected chi connectivity index (χ2v) is 8.07. The van der Waals surface area contributed by atoms with Crippen molar-refractivity contribution in [2.75, 3.05) is 16.4 Å². The van der Waals surface area contributed by atoms with Gasteiger partial charge in [-0.3, -0.25) is 9.59 Å². The molecule has 3 aromatic rings. The molecule has 0 aliphatic heterocycles. The molecule has 0 saturated carbocycles. The van der Waals surface area contributed by atoms with Crippen LogP contribution in [0, 0.1) is 13.8 Å². The van der Waals surface area contributed by atoms with Gasteiger partial charge in [0.1, 0.15) is 11.6 Å². The van der Waals surface area contributed by atoms with E-state index < -0.39 is 0 Å². The molecule has 0 bridgehead atoms. The summed E-state index contributed by atoms with van der Waals surface area (Å²) in [5.41, 5.74) is 3.43. The number of nitrogens with zero attached hydrogens (tertiary/aromatic N) is 3. The van der Waals surface area contributed by atoms with Crippen LogP contribution in [-0.4, -0.2) is 37.4 Å². The van der Waals surface area contributed by atoms with Gasteiger partial charge in [-0.15, -0.1) is 10.2 Å². The van der Waals surface area contributed by atoms with E-state index >= 15 is 0 Å². The minimum atomic E-state index is -0.227. The average Bonchev–Trinajstić information content (AvgIpc) is 3.06. The Balaban J connectivity index is 1.59. The summed E-state index contributed by atoms with van der Waals surface area (Å²) in [5.74, 6) is 0.351. The molecular formula is C22H25N5O3S. The van der Waals surface area contributed by atoms with Gasteiger partial charge in [-0.05, 0) is 56.2 Å². The molecule has 2 aromatic carbocycles. The molecule has 0 saturated heterocycles. The Morgan fingerprint density at radius 3 is 2.39 bits per heavy atom. The largest absolute Gasteiger partial charge is 0.508 e. The van der Waals surface area contributed by atoms with Crippen LogP contribution in [-0.2, 0) is 22.6 Å². The highest BCUT2D eigenvalue weighted by Crippen LogP contribution is 2.20. The SMILES string of the molecule is CCn1c(CC(=O)Nc2cc(C)cc(C)c2)nnc1SCC(=O)Nc1cccc(O)c1. The van der Waals surface area contributed by atoms with E-state index in [0.29, 0.717) is 23.2 Å². The summed E-state index contributed by atoms with van der Waals surface area (Å²) in [6.45, 7) is 6.48. The Kier molecular flexibility index (Phi) is 7.30. The van der Waals surface area contributed by atoms with Crippen LogP contribution in [0.15, 0.2) is 47.6 Å². The lowest BCUT2D eigenvalue weighted by Gasteiger charge is -2.09. The van der Waals surface area contributed by atoms with E-state index in [9.17, 15) is 14.7 Å². The van der Waals surface area contributed by atoms with Crippen molar-refractivity contribution in [2.45, 2.75) is 38.9 Å². The van der Waals surface area contributed by atoms with E-state index in [1.54, 1.807) is 12.1 Å². The van der Waals surface area contributed by atoms with Crippen molar-refractivity contribution < 1.29 is 14.7 Å². The maximum Gasteiger partial charge on any atom is 0.234 e. The Hall–Kier alpha value is -3.33. The molecule has 8 nitrogen and oxygen atoms in total. The van der Waals surface area contributed by atoms with Crippen LogP contribution >= 0.6 is 11.8 Å². The van der Waals surface area contributed by atoms with E-state index in [-0.39, 0.29) is 29.7 Å². The van der Waals surface area contributed by atoms with Crippen molar-refractivity contribution >= 4 is 35.0 Å². The highest BCUT2D eigenvalue weighted by molar-refractivity contribution is 7.99. The number of rotatable bonds is 8. The summed E-state index contributed by atoms with van der Waals surface area (Å²) >= 11 is 1.24. The average molecular weight is 440 g/mol. The summed E-state index contributed by atoms with van der Waals surface area (Å²) in [5, 5.41) is 24.0. The minimum Gasteiger partial charge on any atom is -0.508 e. The predicted molar refractivity (Wildman–Crippen MR) is 121 cm³/mol. The second kappa shape index (κ2) is 10.1. The third-order valence-electron chi connectivity index (χ3n) is 4.40. The number of nitrogens with one attached hydrogen (secondary N) is 2. The van der Waals surface area contributed by atoms with Crippen LogP contribution in [0.4, 0.5) is 11.4 Å². The fourth-order valence-corrected chi connectivity index (χ4v) is 4.00. The lowest BCUT2D eigenvalue weighted by Crippen LogP contribution is -2.18. The lowest BCUT2D eigenvalue weighted by atomic mass is 10.1. The van der Waals surface area contributed by atoms with E-state index in [4.69, 9.17) is 0 Å². The summed E-state index contributed by atoms with van der Waals surface area (Å²) < 4.78 is 1.83. The Morgan fingerprint density at radius 2 is 1.71 bits per heavy atom. The molecule has 162 valence electrons. The molecular weight excluding hydrogens is 414 g/mol. The predicted octanol–water partition coefficient (Wildman–Crippen LogP) is 3.53. The van der Waals surface area contributed by atoms with Gasteiger partial charge in [0.25, 0.3) is 0 Å². The van der Waals surface area contributed by atoms with Crippen molar-refractivity contribution in [3.8, 4) is 5.75 Å². The van der Waals surface area contributed by atoms with Crippen molar-refractivity contribution in [3.05, 3.63) is 59.4 Å². The molecule has 0 atom stereocenters. The number of phenolic OH excluding ortho intramolecular Hbond substituents is 1. The van der Waals surface area contributed by atoms with Gasteiger partial charge in [-0.1, -0.05) is 23.9 Å². The van der Waals surface area contributed by atoms with Crippen LogP contribution < -0.4 is 10.6 Å². The zero-order valence-corrected chi connectivity index (χ0v) is 18.5. The van der Waals surface area contributed by atoms with Gasteiger partial charge in [0.15, 0.2) is 5.16 Å². The summed E-state index contributed by atoms with van der Waals surface area (Å²) in [4.78, 5) is 24.7. The molecule has 0 spiro atoms. The number of aryl methyl sites for hydroxylation is 2. The number of carbonyl (C=O) groups is 2. The number of anilines is 2. The summed E-state index contributed by atoms with van der Waals surface area (Å²) in [6, 6.07) is 12.2. The summed E-state index contributed by atoms with van der Waals surface area (Å²) in [7, 11) is 0. The molecule has 1 heterocycles. The standard InChI is InChI=1S/C22H25N5O3S/c1-4-27-19(12-20(29)24-17-9-14(2)8-15(3)10-17)25-26-22(27)31-13-21(30)23-16-6-5-7-18(28)11-16/h5-11,28H,4,12-13H2,1-3H3,(H,23,30)(H,24,29). The number of hydrogen-bond donors (Lipinski definition) is 3. The molecule has 0 aliphatic rings. The molecule has 31 heavy (non-hydrogen) atoms. The Bertz CT molecular complexity index is 1080. The number of phenols is 1. The van der Waals surface area contributed by atoms with Crippen LogP contribution in [0.5, 0.6) is 5.75 Å². The maximum atomic E-state index is 12.5. The first kappa shape index (κ1) is 22.4. The molecule has 3 rings (SSSR count). The minimum absolute atomic E-state index is 0.0833. The summed E-state index contributed by atoms with van der Waals surface area (Å²) in [6.07, 6.45) is 0.0872. The van der Waals surface area contributed by atoms with E-state index in [1.165, 1.54) is 23.9 Å². The quantitative estimate of drug-likeness (QED) is 0.463. The molecule has 0 aliphatic carbocycles. The van der Waals surface area contributed by atoms with Crippen molar-refractivity contribution in [3.63, 3.8) is 0 Å². The third-order valence-corrected chi connectivity index (χ3v) is 5.36. The Morgan fingerprint density at radius 1 is 1.00 bits per heavy atom. The molecule has 2 amide bonds. The topological polar surface area (TPSA) is 109 Å². The fraction of sp³-hybridized carbons (Fsp3) is 0.273. The Labute approximate surface area is 185 Å². The normalized spacial score (nSPS) is 10.7. The van der Waals surface area contributed by atoms with Crippen LogP contribution in [0.25, 0.3) is 0 Å². The van der Waals surface area contributed by atoms with E-state index in [2.05, 4.69) is 20.8 Å². The highest BCUT2D eigenvalue weighted by Gasteiger charge is 2.16. The van der Waals surface area contributed by atoms with Gasteiger partial charge in [-0.25, -0.2) is 0 Å². The number of aromatic nitrogens is 3. The first-order chi connectivity index (χ1) is 14.8. The molecule has 0 unspecified atom stereocenters. The smallest absolute Gasteiger partial charge is 0.234 e. The van der Waals surface area contributed by atoms with Gasteiger partial charge in [-0.2, -0.15) is 0 Å². The van der Waals surface area contributed by atoms with Crippen molar-refractivity contribution in [2.24, 2.45) is 0 Å². The van der Waals surface area contributed by atoms with Gasteiger partial charge < -0.3 is 20.3 Å². The first-order valence-electron chi connectivity index (χ1n) is 9.86. The number of amides is 2. The lowest BCUT2D eigenvalue weighted by molar-refractivity contribution is -0.116. The van der Waals surface area contributed by atoms with Crippen LogP contribution in [0.3, 0.4) is 0 Å². The molecule has 3 N–H and O–H groups in total. The van der Waals surface area contributed by atoms with Crippen molar-refractivity contribution in [1.82, 2.24) is 14.8 Å². The molecule has 0 radical (unpaired) electrons. The van der Waals surface area contributed by atoms with E-state index in [1.807, 2.05) is 43.5 Å².